The molecule has 1 nitrogen and oxygen atoms in total. The van der Waals surface area contributed by atoms with Crippen molar-refractivity contribution in [3.63, 3.8) is 0 Å². The molecule has 1 aliphatic rings. The molecule has 0 amide bonds. The predicted molar refractivity (Wildman–Crippen MR) is 89.6 cm³/mol. The molecule has 110 valence electrons. The van der Waals surface area contributed by atoms with Crippen LogP contribution in [0.4, 0.5) is 0 Å². The van der Waals surface area contributed by atoms with Crippen LogP contribution in [0.25, 0.3) is 0 Å². The van der Waals surface area contributed by atoms with Crippen molar-refractivity contribution >= 4 is 0 Å². The molecule has 0 radical (unpaired) electrons. The van der Waals surface area contributed by atoms with E-state index in [1.807, 2.05) is 0 Å². The van der Waals surface area contributed by atoms with E-state index in [4.69, 9.17) is 5.73 Å². The quantitative estimate of drug-likeness (QED) is 0.903. The normalized spacial score (nSPS) is 19.1. The molecule has 2 unspecified atom stereocenters. The number of nitrogens with two attached hydrogens (primary N) is 1. The molecule has 2 aromatic rings. The van der Waals surface area contributed by atoms with Crippen molar-refractivity contribution in [2.24, 2.45) is 11.7 Å². The van der Waals surface area contributed by atoms with Gasteiger partial charge in [0.15, 0.2) is 0 Å². The lowest BCUT2D eigenvalue weighted by Gasteiger charge is -2.30. The van der Waals surface area contributed by atoms with Gasteiger partial charge in [-0.05, 0) is 73.3 Å². The number of hydrogen-bond acceptors (Lipinski definition) is 1. The van der Waals surface area contributed by atoms with Gasteiger partial charge in [-0.2, -0.15) is 0 Å². The second kappa shape index (κ2) is 6.03. The smallest absolute Gasteiger partial charge is 0.0111 e. The lowest BCUT2D eigenvalue weighted by atomic mass is 9.78. The topological polar surface area (TPSA) is 26.0 Å². The number of fused-ring (bicyclic) bond motifs is 1. The minimum Gasteiger partial charge on any atom is -0.327 e. The van der Waals surface area contributed by atoms with Gasteiger partial charge in [-0.1, -0.05) is 42.5 Å². The fraction of sp³-hybridized carbons (Fsp3) is 0.400. The van der Waals surface area contributed by atoms with Gasteiger partial charge in [-0.15, -0.1) is 0 Å². The highest BCUT2D eigenvalue weighted by atomic mass is 14.7. The van der Waals surface area contributed by atoms with Gasteiger partial charge in [0.1, 0.15) is 0 Å². The molecule has 2 N–H and O–H groups in total. The van der Waals surface area contributed by atoms with E-state index < -0.39 is 0 Å². The Balaban J connectivity index is 1.74. The first kappa shape index (κ1) is 14.3. The maximum atomic E-state index is 6.58. The van der Waals surface area contributed by atoms with Gasteiger partial charge in [-0.25, -0.2) is 0 Å². The summed E-state index contributed by atoms with van der Waals surface area (Å²) < 4.78 is 0. The zero-order valence-corrected chi connectivity index (χ0v) is 13.1. The van der Waals surface area contributed by atoms with Crippen molar-refractivity contribution in [1.29, 1.82) is 0 Å². The third-order valence-corrected chi connectivity index (χ3v) is 5.07. The molecule has 0 aromatic heterocycles. The summed E-state index contributed by atoms with van der Waals surface area (Å²) in [5, 5.41) is 0. The van der Waals surface area contributed by atoms with Crippen LogP contribution in [0.2, 0.25) is 0 Å². The van der Waals surface area contributed by atoms with E-state index in [1.165, 1.54) is 40.7 Å². The highest BCUT2D eigenvalue weighted by Gasteiger charge is 2.24. The number of rotatable bonds is 3. The molecule has 0 aliphatic heterocycles. The minimum atomic E-state index is 0.262. The molecule has 0 spiro atoms. The first-order valence-electron chi connectivity index (χ1n) is 8.02. The second-order valence-corrected chi connectivity index (χ2v) is 6.51. The molecule has 3 rings (SSSR count). The minimum absolute atomic E-state index is 0.262. The molecule has 2 atom stereocenters. The summed E-state index contributed by atoms with van der Waals surface area (Å²) in [6.45, 7) is 4.40. The molecular formula is C20H25N. The van der Waals surface area contributed by atoms with Crippen LogP contribution in [0.1, 0.15) is 34.2 Å². The van der Waals surface area contributed by atoms with Crippen LogP contribution in [0.15, 0.2) is 42.5 Å². The number of aryl methyl sites for hydroxylation is 3. The van der Waals surface area contributed by atoms with E-state index in [0.717, 1.165) is 12.8 Å². The first-order valence-corrected chi connectivity index (χ1v) is 8.02. The molecule has 0 fully saturated rings. The maximum Gasteiger partial charge on any atom is 0.0111 e. The zero-order valence-electron chi connectivity index (χ0n) is 13.1. The van der Waals surface area contributed by atoms with E-state index in [-0.39, 0.29) is 6.04 Å². The van der Waals surface area contributed by atoms with Crippen molar-refractivity contribution in [2.45, 2.75) is 45.6 Å². The van der Waals surface area contributed by atoms with Gasteiger partial charge in [0, 0.05) is 6.04 Å². The average molecular weight is 279 g/mol. The van der Waals surface area contributed by atoms with Gasteiger partial charge in [0.2, 0.25) is 0 Å². The Morgan fingerprint density at radius 3 is 2.38 bits per heavy atom. The standard InChI is InChI=1S/C20H25N/c1-14-6-5-7-15(2)19(14)13-20(21)18-11-10-16-8-3-4-9-17(16)12-18/h3-9,18,20H,10-13,21H2,1-2H3. The van der Waals surface area contributed by atoms with Crippen molar-refractivity contribution < 1.29 is 0 Å². The van der Waals surface area contributed by atoms with Gasteiger partial charge < -0.3 is 5.73 Å². The zero-order chi connectivity index (χ0) is 14.8. The Morgan fingerprint density at radius 2 is 1.67 bits per heavy atom. The fourth-order valence-corrected chi connectivity index (χ4v) is 3.66. The predicted octanol–water partition coefficient (Wildman–Crippen LogP) is 3.98. The third kappa shape index (κ3) is 3.03. The Hall–Kier alpha value is -1.60. The van der Waals surface area contributed by atoms with Crippen molar-refractivity contribution in [3.8, 4) is 0 Å². The Labute approximate surface area is 128 Å². The molecule has 1 aliphatic carbocycles. The highest BCUT2D eigenvalue weighted by Crippen LogP contribution is 2.28. The van der Waals surface area contributed by atoms with Gasteiger partial charge in [0.05, 0.1) is 0 Å². The monoisotopic (exact) mass is 279 g/mol. The Morgan fingerprint density at radius 1 is 1.00 bits per heavy atom. The Bertz CT molecular complexity index is 609. The number of hydrogen-bond donors (Lipinski definition) is 1. The molecule has 0 heterocycles. The molecule has 2 aromatic carbocycles. The Kier molecular flexibility index (Phi) is 4.12. The summed E-state index contributed by atoms with van der Waals surface area (Å²) in [5.74, 6) is 0.610. The molecule has 21 heavy (non-hydrogen) atoms. The largest absolute Gasteiger partial charge is 0.327 e. The second-order valence-electron chi connectivity index (χ2n) is 6.51. The van der Waals surface area contributed by atoms with E-state index in [2.05, 4.69) is 56.3 Å². The molecule has 1 heteroatoms. The first-order chi connectivity index (χ1) is 10.1. The van der Waals surface area contributed by atoms with E-state index in [0.29, 0.717) is 5.92 Å². The lowest BCUT2D eigenvalue weighted by Crippen LogP contribution is -2.36. The van der Waals surface area contributed by atoms with E-state index in [9.17, 15) is 0 Å². The van der Waals surface area contributed by atoms with Gasteiger partial charge >= 0.3 is 0 Å². The van der Waals surface area contributed by atoms with Crippen LogP contribution in [0.3, 0.4) is 0 Å². The number of benzene rings is 2. The van der Waals surface area contributed by atoms with Crippen LogP contribution in [-0.2, 0) is 19.3 Å². The molecule has 0 bridgehead atoms. The van der Waals surface area contributed by atoms with Crippen LogP contribution in [0, 0.1) is 19.8 Å². The SMILES string of the molecule is Cc1cccc(C)c1CC(N)C1CCc2ccccc2C1. The summed E-state index contributed by atoms with van der Waals surface area (Å²) in [6, 6.07) is 15.6. The van der Waals surface area contributed by atoms with Crippen molar-refractivity contribution in [3.05, 3.63) is 70.3 Å². The summed E-state index contributed by atoms with van der Waals surface area (Å²) in [7, 11) is 0. The maximum absolute atomic E-state index is 6.58. The van der Waals surface area contributed by atoms with Crippen LogP contribution in [0.5, 0.6) is 0 Å². The molecular weight excluding hydrogens is 254 g/mol. The average Bonchev–Trinajstić information content (AvgIpc) is 2.50. The molecule has 0 saturated carbocycles. The van der Waals surface area contributed by atoms with E-state index >= 15 is 0 Å². The summed E-state index contributed by atoms with van der Waals surface area (Å²) in [5.41, 5.74) is 13.8. The fourth-order valence-electron chi connectivity index (χ4n) is 3.66. The van der Waals surface area contributed by atoms with Crippen molar-refractivity contribution in [2.75, 3.05) is 0 Å². The van der Waals surface area contributed by atoms with Crippen LogP contribution in [-0.4, -0.2) is 6.04 Å². The lowest BCUT2D eigenvalue weighted by molar-refractivity contribution is 0.372. The third-order valence-electron chi connectivity index (χ3n) is 5.07. The van der Waals surface area contributed by atoms with Gasteiger partial charge in [-0.3, -0.25) is 0 Å². The van der Waals surface area contributed by atoms with Crippen LogP contribution < -0.4 is 5.73 Å². The summed E-state index contributed by atoms with van der Waals surface area (Å²) >= 11 is 0. The van der Waals surface area contributed by atoms with Crippen LogP contribution >= 0.6 is 0 Å². The highest BCUT2D eigenvalue weighted by molar-refractivity contribution is 5.35. The summed E-state index contributed by atoms with van der Waals surface area (Å²) in [4.78, 5) is 0. The van der Waals surface area contributed by atoms with Crippen molar-refractivity contribution in [1.82, 2.24) is 0 Å². The molecule has 0 saturated heterocycles. The summed E-state index contributed by atoms with van der Waals surface area (Å²) in [6.07, 6.45) is 4.55. The van der Waals surface area contributed by atoms with Gasteiger partial charge in [0.25, 0.3) is 0 Å². The van der Waals surface area contributed by atoms with E-state index in [1.54, 1.807) is 0 Å².